The van der Waals surface area contributed by atoms with Gasteiger partial charge in [0.05, 0.1) is 16.6 Å². The van der Waals surface area contributed by atoms with Gasteiger partial charge < -0.3 is 4.90 Å². The van der Waals surface area contributed by atoms with Crippen LogP contribution in [0.2, 0.25) is 0 Å². The number of pyridine rings is 1. The average molecular weight is 409 g/mol. The number of carbonyl (C=O) groups is 1. The predicted octanol–water partition coefficient (Wildman–Crippen LogP) is 2.85. The molecule has 0 saturated carbocycles. The van der Waals surface area contributed by atoms with Crippen LogP contribution in [0.1, 0.15) is 27.6 Å². The third-order valence-corrected chi connectivity index (χ3v) is 6.71. The molecule has 1 aromatic carbocycles. The molecule has 0 spiro atoms. The standard InChI is InChI=1S/C17H17BrN2O3S/c18-15-10-14(11-19-12-15)17(21)20-7-6-16(24(22,23)9-8-20)13-4-2-1-3-5-13/h1-5,10-12,16H,6-9H2/t16-/m1/s1. The van der Waals surface area contributed by atoms with E-state index >= 15 is 0 Å². The molecule has 0 aliphatic carbocycles. The van der Waals surface area contributed by atoms with E-state index in [0.29, 0.717) is 18.5 Å². The smallest absolute Gasteiger partial charge is 0.255 e. The molecular weight excluding hydrogens is 392 g/mol. The Balaban J connectivity index is 1.82. The van der Waals surface area contributed by atoms with Crippen molar-refractivity contribution in [3.63, 3.8) is 0 Å². The van der Waals surface area contributed by atoms with E-state index in [9.17, 15) is 13.2 Å². The summed E-state index contributed by atoms with van der Waals surface area (Å²) >= 11 is 3.30. The summed E-state index contributed by atoms with van der Waals surface area (Å²) in [6.45, 7) is 0.612. The van der Waals surface area contributed by atoms with Crippen LogP contribution in [0.5, 0.6) is 0 Å². The number of rotatable bonds is 2. The zero-order valence-corrected chi connectivity index (χ0v) is 15.3. The van der Waals surface area contributed by atoms with Crippen molar-refractivity contribution in [1.29, 1.82) is 0 Å². The maximum absolute atomic E-state index is 12.6. The lowest BCUT2D eigenvalue weighted by molar-refractivity contribution is 0.0766. The van der Waals surface area contributed by atoms with E-state index in [0.717, 1.165) is 10.0 Å². The largest absolute Gasteiger partial charge is 0.338 e. The number of benzene rings is 1. The van der Waals surface area contributed by atoms with Crippen LogP contribution in [-0.4, -0.2) is 43.1 Å². The quantitative estimate of drug-likeness (QED) is 0.765. The van der Waals surface area contributed by atoms with Crippen LogP contribution in [0, 0.1) is 0 Å². The Morgan fingerprint density at radius 2 is 1.92 bits per heavy atom. The lowest BCUT2D eigenvalue weighted by Gasteiger charge is -2.20. The van der Waals surface area contributed by atoms with Crippen LogP contribution in [0.4, 0.5) is 0 Å². The van der Waals surface area contributed by atoms with Gasteiger partial charge in [-0.15, -0.1) is 0 Å². The summed E-state index contributed by atoms with van der Waals surface area (Å²) in [7, 11) is -3.29. The Kier molecular flexibility index (Phi) is 5.01. The van der Waals surface area contributed by atoms with Crippen molar-refractivity contribution in [3.05, 3.63) is 64.4 Å². The van der Waals surface area contributed by atoms with Gasteiger partial charge in [-0.2, -0.15) is 0 Å². The van der Waals surface area contributed by atoms with Crippen LogP contribution in [0.25, 0.3) is 0 Å². The van der Waals surface area contributed by atoms with E-state index in [-0.39, 0.29) is 18.2 Å². The van der Waals surface area contributed by atoms with Crippen molar-refractivity contribution in [2.24, 2.45) is 0 Å². The van der Waals surface area contributed by atoms with E-state index in [1.54, 1.807) is 17.2 Å². The van der Waals surface area contributed by atoms with Gasteiger partial charge in [-0.3, -0.25) is 9.78 Å². The third kappa shape index (κ3) is 3.67. The second-order valence-electron chi connectivity index (χ2n) is 5.74. The second kappa shape index (κ2) is 7.03. The first-order valence-electron chi connectivity index (χ1n) is 7.64. The van der Waals surface area contributed by atoms with Gasteiger partial charge in [-0.1, -0.05) is 30.3 Å². The minimum absolute atomic E-state index is 0.0280. The highest BCUT2D eigenvalue weighted by Crippen LogP contribution is 2.29. The van der Waals surface area contributed by atoms with Crippen LogP contribution in [0.15, 0.2) is 53.3 Å². The number of amides is 1. The Morgan fingerprint density at radius 3 is 2.62 bits per heavy atom. The molecule has 1 amide bonds. The van der Waals surface area contributed by atoms with Gasteiger partial charge in [0.15, 0.2) is 9.84 Å². The van der Waals surface area contributed by atoms with E-state index < -0.39 is 15.1 Å². The fourth-order valence-electron chi connectivity index (χ4n) is 2.90. The topological polar surface area (TPSA) is 67.3 Å². The highest BCUT2D eigenvalue weighted by Gasteiger charge is 2.32. The summed E-state index contributed by atoms with van der Waals surface area (Å²) in [5.74, 6) is -0.215. The first-order chi connectivity index (χ1) is 11.5. The van der Waals surface area contributed by atoms with Crippen molar-refractivity contribution in [1.82, 2.24) is 9.88 Å². The number of halogens is 1. The predicted molar refractivity (Wildman–Crippen MR) is 95.4 cm³/mol. The van der Waals surface area contributed by atoms with Gasteiger partial charge in [0, 0.05) is 30.0 Å². The van der Waals surface area contributed by atoms with Crippen molar-refractivity contribution in [2.45, 2.75) is 11.7 Å². The lowest BCUT2D eigenvalue weighted by Crippen LogP contribution is -2.33. The summed E-state index contributed by atoms with van der Waals surface area (Å²) in [6.07, 6.45) is 3.51. The molecule has 126 valence electrons. The number of nitrogens with zero attached hydrogens (tertiary/aromatic N) is 2. The maximum Gasteiger partial charge on any atom is 0.255 e. The monoisotopic (exact) mass is 408 g/mol. The van der Waals surface area contributed by atoms with E-state index in [1.165, 1.54) is 6.20 Å². The minimum Gasteiger partial charge on any atom is -0.338 e. The molecule has 1 aliphatic rings. The Morgan fingerprint density at radius 1 is 1.17 bits per heavy atom. The van der Waals surface area contributed by atoms with Crippen LogP contribution >= 0.6 is 15.9 Å². The van der Waals surface area contributed by atoms with E-state index in [1.807, 2.05) is 30.3 Å². The molecule has 1 aromatic heterocycles. The number of carbonyl (C=O) groups excluding carboxylic acids is 1. The van der Waals surface area contributed by atoms with Gasteiger partial charge in [0.2, 0.25) is 0 Å². The molecule has 24 heavy (non-hydrogen) atoms. The molecule has 3 rings (SSSR count). The van der Waals surface area contributed by atoms with E-state index in [2.05, 4.69) is 20.9 Å². The molecule has 1 saturated heterocycles. The Labute approximate surface area is 149 Å². The van der Waals surface area contributed by atoms with Crippen LogP contribution in [-0.2, 0) is 9.84 Å². The SMILES string of the molecule is O=C(c1cncc(Br)c1)N1CC[C@H](c2ccccc2)S(=O)(=O)CC1. The van der Waals surface area contributed by atoms with Gasteiger partial charge in [-0.25, -0.2) is 8.42 Å². The number of hydrogen-bond donors (Lipinski definition) is 0. The lowest BCUT2D eigenvalue weighted by atomic mass is 10.1. The molecular formula is C17H17BrN2O3S. The van der Waals surface area contributed by atoms with Crippen LogP contribution in [0.3, 0.4) is 0 Å². The molecule has 2 aromatic rings. The Bertz CT molecular complexity index is 840. The average Bonchev–Trinajstić information content (AvgIpc) is 2.73. The second-order valence-corrected chi connectivity index (χ2v) is 8.96. The summed E-state index contributed by atoms with van der Waals surface area (Å²) in [5.41, 5.74) is 1.25. The van der Waals surface area contributed by atoms with Crippen molar-refractivity contribution < 1.29 is 13.2 Å². The summed E-state index contributed by atoms with van der Waals surface area (Å²) in [4.78, 5) is 18.2. The number of hydrogen-bond acceptors (Lipinski definition) is 4. The van der Waals surface area contributed by atoms with Crippen LogP contribution < -0.4 is 0 Å². The summed E-state index contributed by atoms with van der Waals surface area (Å²) in [6, 6.07) is 10.9. The fourth-order valence-corrected chi connectivity index (χ4v) is 5.06. The zero-order chi connectivity index (χ0) is 17.2. The highest BCUT2D eigenvalue weighted by atomic mass is 79.9. The van der Waals surface area contributed by atoms with Gasteiger partial charge in [-0.05, 0) is 34.0 Å². The molecule has 1 aliphatic heterocycles. The third-order valence-electron chi connectivity index (χ3n) is 4.15. The molecule has 7 heteroatoms. The fraction of sp³-hybridized carbons (Fsp3) is 0.294. The van der Waals surface area contributed by atoms with Crippen molar-refractivity contribution in [2.75, 3.05) is 18.8 Å². The molecule has 0 unspecified atom stereocenters. The highest BCUT2D eigenvalue weighted by molar-refractivity contribution is 9.10. The molecule has 1 fully saturated rings. The molecule has 0 radical (unpaired) electrons. The molecule has 5 nitrogen and oxygen atoms in total. The zero-order valence-electron chi connectivity index (χ0n) is 12.9. The normalized spacial score (nSPS) is 20.4. The van der Waals surface area contributed by atoms with E-state index in [4.69, 9.17) is 0 Å². The van der Waals surface area contributed by atoms with Crippen molar-refractivity contribution in [3.8, 4) is 0 Å². The van der Waals surface area contributed by atoms with Crippen molar-refractivity contribution >= 4 is 31.7 Å². The molecule has 0 N–H and O–H groups in total. The first kappa shape index (κ1) is 17.1. The molecule has 1 atom stereocenters. The van der Waals surface area contributed by atoms with Gasteiger partial charge in [0.25, 0.3) is 5.91 Å². The van der Waals surface area contributed by atoms with Gasteiger partial charge in [0.1, 0.15) is 0 Å². The number of aromatic nitrogens is 1. The summed E-state index contributed by atoms with van der Waals surface area (Å²) < 4.78 is 25.9. The Hall–Kier alpha value is -1.73. The minimum atomic E-state index is -3.29. The molecule has 0 bridgehead atoms. The van der Waals surface area contributed by atoms with Gasteiger partial charge >= 0.3 is 0 Å². The maximum atomic E-state index is 12.6. The molecule has 2 heterocycles. The summed E-state index contributed by atoms with van der Waals surface area (Å²) in [5, 5.41) is -0.558. The number of sulfone groups is 1. The first-order valence-corrected chi connectivity index (χ1v) is 10.1.